The molecule has 0 radical (unpaired) electrons. The Morgan fingerprint density at radius 2 is 2.25 bits per heavy atom. The molecule has 1 N–H and O–H groups in total. The Labute approximate surface area is 126 Å². The molecule has 0 spiro atoms. The minimum atomic E-state index is -0.891. The summed E-state index contributed by atoms with van der Waals surface area (Å²) in [6.07, 6.45) is 3.62. The molecule has 2 rings (SSSR count). The summed E-state index contributed by atoms with van der Waals surface area (Å²) >= 11 is 0. The van der Waals surface area contributed by atoms with Crippen LogP contribution in [0.4, 0.5) is 5.69 Å². The fraction of sp³-hybridized carbons (Fsp3) is 0.571. The molecule has 1 aliphatic rings. The number of carboxylic acids is 1. The van der Waals surface area contributed by atoms with Crippen LogP contribution in [0.5, 0.6) is 0 Å². The van der Waals surface area contributed by atoms with E-state index in [1.54, 1.807) is 12.3 Å². The minimum Gasteiger partial charge on any atom is -0.478 e. The van der Waals surface area contributed by atoms with Gasteiger partial charge >= 0.3 is 5.97 Å². The maximum atomic E-state index is 11.4. The highest BCUT2D eigenvalue weighted by atomic mass is 35.5. The third-order valence-corrected chi connectivity index (χ3v) is 3.67. The maximum absolute atomic E-state index is 11.4. The van der Waals surface area contributed by atoms with Crippen molar-refractivity contribution in [3.8, 4) is 0 Å². The van der Waals surface area contributed by atoms with Crippen molar-refractivity contribution in [1.82, 2.24) is 9.88 Å². The summed E-state index contributed by atoms with van der Waals surface area (Å²) in [4.78, 5) is 19.9. The lowest BCUT2D eigenvalue weighted by Crippen LogP contribution is -2.17. The molecule has 5 nitrogen and oxygen atoms in total. The van der Waals surface area contributed by atoms with E-state index in [-0.39, 0.29) is 12.4 Å². The fourth-order valence-corrected chi connectivity index (χ4v) is 2.54. The average Bonchev–Trinajstić information content (AvgIpc) is 2.74. The van der Waals surface area contributed by atoms with E-state index < -0.39 is 5.97 Å². The lowest BCUT2D eigenvalue weighted by molar-refractivity contribution is 0.0695. The first-order valence-corrected chi connectivity index (χ1v) is 6.55. The zero-order valence-corrected chi connectivity index (χ0v) is 13.0. The van der Waals surface area contributed by atoms with Gasteiger partial charge < -0.3 is 14.9 Å². The molecule has 0 saturated carbocycles. The van der Waals surface area contributed by atoms with Gasteiger partial charge in [0.15, 0.2) is 0 Å². The second-order valence-electron chi connectivity index (χ2n) is 5.51. The largest absolute Gasteiger partial charge is 0.478 e. The first-order valence-electron chi connectivity index (χ1n) is 6.55. The van der Waals surface area contributed by atoms with E-state index in [1.165, 1.54) is 0 Å². The minimum absolute atomic E-state index is 0. The van der Waals surface area contributed by atoms with Crippen LogP contribution in [0.25, 0.3) is 0 Å². The van der Waals surface area contributed by atoms with Crippen LogP contribution in [0.2, 0.25) is 0 Å². The molecule has 0 bridgehead atoms. The highest BCUT2D eigenvalue weighted by molar-refractivity contribution is 5.90. The first kappa shape index (κ1) is 16.7. The number of aromatic nitrogens is 1. The molecule has 1 aromatic rings. The van der Waals surface area contributed by atoms with Crippen molar-refractivity contribution >= 4 is 24.1 Å². The monoisotopic (exact) mass is 299 g/mol. The Morgan fingerprint density at radius 1 is 1.55 bits per heavy atom. The number of halogens is 1. The number of carbonyl (C=O) groups is 1. The van der Waals surface area contributed by atoms with Crippen molar-refractivity contribution in [1.29, 1.82) is 0 Å². The van der Waals surface area contributed by atoms with Crippen molar-refractivity contribution in [2.45, 2.75) is 12.8 Å². The zero-order chi connectivity index (χ0) is 14.0. The number of pyridine rings is 1. The molecule has 0 amide bonds. The van der Waals surface area contributed by atoms with Crippen LogP contribution in [0.3, 0.4) is 0 Å². The van der Waals surface area contributed by atoms with Crippen LogP contribution in [-0.4, -0.2) is 55.2 Å². The molecular weight excluding hydrogens is 278 g/mol. The Hall–Kier alpha value is -1.33. The summed E-state index contributed by atoms with van der Waals surface area (Å²) < 4.78 is 0. The molecule has 112 valence electrons. The van der Waals surface area contributed by atoms with Crippen LogP contribution in [-0.2, 0) is 6.42 Å². The highest BCUT2D eigenvalue weighted by Gasteiger charge is 2.23. The number of aromatic carboxylic acids is 1. The van der Waals surface area contributed by atoms with Gasteiger partial charge in [-0.1, -0.05) is 0 Å². The van der Waals surface area contributed by atoms with E-state index in [2.05, 4.69) is 16.9 Å². The summed E-state index contributed by atoms with van der Waals surface area (Å²) in [7, 11) is 5.86. The second kappa shape index (κ2) is 6.90. The molecule has 1 atom stereocenters. The van der Waals surface area contributed by atoms with Crippen LogP contribution >= 0.6 is 12.4 Å². The Kier molecular flexibility index (Phi) is 5.77. The molecule has 1 fully saturated rings. The smallest absolute Gasteiger partial charge is 0.337 e. The van der Waals surface area contributed by atoms with Crippen LogP contribution in [0.1, 0.15) is 22.5 Å². The summed E-state index contributed by atoms with van der Waals surface area (Å²) in [5.41, 5.74) is 1.86. The molecule has 0 aliphatic carbocycles. The molecule has 6 heteroatoms. The van der Waals surface area contributed by atoms with Gasteiger partial charge in [-0.25, -0.2) is 4.79 Å². The number of carboxylic acid groups (broad SMARTS) is 1. The average molecular weight is 300 g/mol. The van der Waals surface area contributed by atoms with E-state index in [1.807, 2.05) is 19.0 Å². The lowest BCUT2D eigenvalue weighted by atomic mass is 9.99. The van der Waals surface area contributed by atoms with Crippen molar-refractivity contribution in [2.24, 2.45) is 5.92 Å². The van der Waals surface area contributed by atoms with Gasteiger partial charge in [0.05, 0.1) is 23.1 Å². The standard InChI is InChI=1S/C14H21N3O2.ClH/c1-16(2)11-7-12(14(18)19)13(15-8-11)6-10-4-5-17(3)9-10;/h7-8,10H,4-6,9H2,1-3H3,(H,18,19);1H. The molecule has 20 heavy (non-hydrogen) atoms. The van der Waals surface area contributed by atoms with Gasteiger partial charge in [-0.2, -0.15) is 0 Å². The van der Waals surface area contributed by atoms with Gasteiger partial charge in [0.1, 0.15) is 0 Å². The number of hydrogen-bond acceptors (Lipinski definition) is 4. The van der Waals surface area contributed by atoms with Crippen molar-refractivity contribution in [3.05, 3.63) is 23.5 Å². The molecule has 1 aliphatic heterocycles. The van der Waals surface area contributed by atoms with E-state index in [4.69, 9.17) is 0 Å². The summed E-state index contributed by atoms with van der Waals surface area (Å²) in [6.45, 7) is 2.11. The predicted molar refractivity (Wildman–Crippen MR) is 82.1 cm³/mol. The second-order valence-corrected chi connectivity index (χ2v) is 5.51. The number of rotatable bonds is 4. The summed E-state index contributed by atoms with van der Waals surface area (Å²) in [6, 6.07) is 1.71. The highest BCUT2D eigenvalue weighted by Crippen LogP contribution is 2.22. The number of likely N-dealkylation sites (tertiary alicyclic amines) is 1. The van der Waals surface area contributed by atoms with Gasteiger partial charge in [0, 0.05) is 20.6 Å². The van der Waals surface area contributed by atoms with Crippen molar-refractivity contribution in [2.75, 3.05) is 39.1 Å². The maximum Gasteiger partial charge on any atom is 0.337 e. The number of hydrogen-bond donors (Lipinski definition) is 1. The summed E-state index contributed by atoms with van der Waals surface area (Å²) in [5, 5.41) is 9.33. The predicted octanol–water partition coefficient (Wildman–Crippen LogP) is 1.76. The molecule has 0 aromatic carbocycles. The normalized spacial score (nSPS) is 18.6. The zero-order valence-electron chi connectivity index (χ0n) is 12.2. The molecule has 1 aromatic heterocycles. The quantitative estimate of drug-likeness (QED) is 0.918. The summed E-state index contributed by atoms with van der Waals surface area (Å²) in [5.74, 6) is -0.377. The topological polar surface area (TPSA) is 56.7 Å². The van der Waals surface area contributed by atoms with Gasteiger partial charge in [0.25, 0.3) is 0 Å². The first-order chi connectivity index (χ1) is 8.97. The Balaban J connectivity index is 0.00000200. The van der Waals surface area contributed by atoms with Gasteiger partial charge in [-0.3, -0.25) is 4.98 Å². The Bertz CT molecular complexity index is 479. The van der Waals surface area contributed by atoms with Gasteiger partial charge in [-0.05, 0) is 38.4 Å². The molecule has 2 heterocycles. The fourth-order valence-electron chi connectivity index (χ4n) is 2.54. The van der Waals surface area contributed by atoms with E-state index in [0.717, 1.165) is 31.6 Å². The third-order valence-electron chi connectivity index (χ3n) is 3.67. The lowest BCUT2D eigenvalue weighted by Gasteiger charge is -2.16. The van der Waals surface area contributed by atoms with E-state index >= 15 is 0 Å². The van der Waals surface area contributed by atoms with Crippen molar-refractivity contribution < 1.29 is 9.90 Å². The third kappa shape index (κ3) is 3.84. The SMILES string of the molecule is CN1CCC(Cc2ncc(N(C)C)cc2C(=O)O)C1.Cl. The molecule has 1 saturated heterocycles. The van der Waals surface area contributed by atoms with Crippen molar-refractivity contribution in [3.63, 3.8) is 0 Å². The van der Waals surface area contributed by atoms with Crippen LogP contribution in [0.15, 0.2) is 12.3 Å². The Morgan fingerprint density at radius 3 is 2.75 bits per heavy atom. The molecule has 1 unspecified atom stereocenters. The van der Waals surface area contributed by atoms with Crippen LogP contribution in [0, 0.1) is 5.92 Å². The number of nitrogens with zero attached hydrogens (tertiary/aromatic N) is 3. The molecular formula is C14H22ClN3O2. The number of anilines is 1. The van der Waals surface area contributed by atoms with Gasteiger partial charge in [0.2, 0.25) is 0 Å². The van der Waals surface area contributed by atoms with Crippen LogP contribution < -0.4 is 4.90 Å². The van der Waals surface area contributed by atoms with E-state index in [0.29, 0.717) is 17.2 Å². The van der Waals surface area contributed by atoms with E-state index in [9.17, 15) is 9.90 Å². The van der Waals surface area contributed by atoms with Gasteiger partial charge in [-0.15, -0.1) is 12.4 Å².